The molecule has 0 bridgehead atoms. The summed E-state index contributed by atoms with van der Waals surface area (Å²) in [4.78, 5) is 5.41. The van der Waals surface area contributed by atoms with Gasteiger partial charge in [-0.3, -0.25) is 0 Å². The molecule has 21 heteroatoms. The first-order chi connectivity index (χ1) is 67.2. The zero-order chi connectivity index (χ0) is 100. The Morgan fingerprint density at radius 3 is 1.22 bits per heavy atom. The number of hydrogen-bond acceptors (Lipinski definition) is 7. The van der Waals surface area contributed by atoms with E-state index in [2.05, 4.69) is 284 Å². The van der Waals surface area contributed by atoms with Crippen LogP contribution in [0.5, 0.6) is 23.0 Å². The molecule has 6 atom stereocenters. The van der Waals surface area contributed by atoms with Crippen molar-refractivity contribution in [2.45, 2.75) is 114 Å². The summed E-state index contributed by atoms with van der Waals surface area (Å²) in [6.07, 6.45) is -3.27. The van der Waals surface area contributed by atoms with Gasteiger partial charge in [0.2, 0.25) is 9.84 Å². The van der Waals surface area contributed by atoms with E-state index in [-0.39, 0.29) is 41.0 Å². The molecule has 17 aromatic carbocycles. The van der Waals surface area contributed by atoms with Gasteiger partial charge < -0.3 is 14.2 Å². The zero-order valence-corrected chi connectivity index (χ0v) is 91.8. The van der Waals surface area contributed by atoms with Gasteiger partial charge in [-0.2, -0.15) is 13.2 Å². The Morgan fingerprint density at radius 2 is 0.729 bits per heavy atom. The number of halogens is 13. The zero-order valence-electron chi connectivity index (χ0n) is 77.7. The van der Waals surface area contributed by atoms with Crippen molar-refractivity contribution in [3.8, 4) is 45.3 Å². The van der Waals surface area contributed by atoms with E-state index in [1.807, 2.05) is 194 Å². The highest BCUT2D eigenvalue weighted by Gasteiger charge is 2.31. The largest absolute Gasteiger partial charge is 0.497 e. The number of ether oxygens (including phenoxy) is 3. The van der Waals surface area contributed by atoms with Gasteiger partial charge in [0.15, 0.2) is 0 Å². The molecule has 0 N–H and O–H groups in total. The normalized spacial score (nSPS) is 12.4. The standard InChI is InChI=1S/C21H18Cl2.C21H19ClOS.C20H15Br2ClO2S.C20H13Br2F3S.C19H15Cl.C18H21BrO2/c1-2-15-3-5-18(6-4-15)21(23)19-9-7-16(8-10-19)17-11-13-20(22)14-12-17;1-15-6-3-4-9-20(15)24-19-12-10-16(11-13-19)21(22)17-7-5-8-18(14-17)23-2;1-13-11-17(23)7-10-19(13)26(24,25)18-8-5-14(6-9-18)20(22)15-3-2-4-16(21)12-15;21-16-7-11-18(12-8-16)26-17-9-3-14(4-10-17)19(22)13-1-5-15(6-2-13)20(23,24)25;20-19(17-9-5-2-6-10-17)18-13-11-16(12-14-18)15-7-3-1-4-8-15;1-18(2,3)17(19)13-5-7-15(8-6-13)21-16-11-9-14(20-4)10-12-16/h3-14,21H,2H2,1H3;3-14,21H,1-2H3;2-12,20H,1H3;1-12,19H;1-14,19H;5-12,17H,1-4H3. The third-order valence-electron chi connectivity index (χ3n) is 22.4. The Hall–Kier alpha value is -9.57. The molecule has 0 heterocycles. The summed E-state index contributed by atoms with van der Waals surface area (Å²) < 4.78 is 82.1. The van der Waals surface area contributed by atoms with Crippen LogP contribution in [0.25, 0.3) is 22.3 Å². The van der Waals surface area contributed by atoms with Gasteiger partial charge in [-0.25, -0.2) is 8.42 Å². The van der Waals surface area contributed by atoms with E-state index in [4.69, 9.17) is 72.2 Å². The Bertz CT molecular complexity index is 6870. The molecule has 0 spiro atoms. The predicted molar refractivity (Wildman–Crippen MR) is 599 cm³/mol. The first kappa shape index (κ1) is 109. The van der Waals surface area contributed by atoms with Crippen LogP contribution >= 0.6 is 161 Å². The fraction of sp³-hybridized carbons (Fsp3) is 0.143. The van der Waals surface area contributed by atoms with Crippen LogP contribution in [-0.2, 0) is 22.4 Å². The number of aryl methyl sites for hydroxylation is 3. The van der Waals surface area contributed by atoms with Gasteiger partial charge in [-0.05, 0) is 296 Å². The maximum Gasteiger partial charge on any atom is 0.416 e. The minimum absolute atomic E-state index is 0.0194. The summed E-state index contributed by atoms with van der Waals surface area (Å²) in [6, 6.07) is 135. The third kappa shape index (κ3) is 32.2. The fourth-order valence-electron chi connectivity index (χ4n) is 14.5. The minimum atomic E-state index is -4.31. The molecule has 0 radical (unpaired) electrons. The van der Waals surface area contributed by atoms with E-state index in [1.54, 1.807) is 75.0 Å². The summed E-state index contributed by atoms with van der Waals surface area (Å²) in [7, 11) is -0.262. The lowest BCUT2D eigenvalue weighted by Crippen LogP contribution is -2.12. The first-order valence-electron chi connectivity index (χ1n) is 44.7. The van der Waals surface area contributed by atoms with Gasteiger partial charge in [0.25, 0.3) is 0 Å². The lowest BCUT2D eigenvalue weighted by Gasteiger charge is -2.26. The Kier molecular flexibility index (Phi) is 41.5. The van der Waals surface area contributed by atoms with Crippen molar-refractivity contribution >= 4 is 171 Å². The van der Waals surface area contributed by atoms with Gasteiger partial charge in [-0.15, -0.1) is 34.8 Å². The highest BCUT2D eigenvalue weighted by molar-refractivity contribution is 9.11. The van der Waals surface area contributed by atoms with Gasteiger partial charge in [0.1, 0.15) is 23.0 Å². The summed E-state index contributed by atoms with van der Waals surface area (Å²) in [5.41, 5.74) is 19.2. The number of hydrogen-bond donors (Lipinski definition) is 0. The lowest BCUT2D eigenvalue weighted by molar-refractivity contribution is -0.137. The summed E-state index contributed by atoms with van der Waals surface area (Å²) in [5, 5.41) is 0.869. The molecule has 6 unspecified atom stereocenters. The smallest absolute Gasteiger partial charge is 0.416 e. The highest BCUT2D eigenvalue weighted by atomic mass is 79.9. The number of alkyl halides is 9. The Labute approximate surface area is 897 Å². The van der Waals surface area contributed by atoms with Crippen LogP contribution in [0.15, 0.2) is 457 Å². The molecule has 716 valence electrons. The van der Waals surface area contributed by atoms with Gasteiger partial charge >= 0.3 is 6.18 Å². The van der Waals surface area contributed by atoms with E-state index < -0.39 is 21.6 Å². The van der Waals surface area contributed by atoms with Crippen LogP contribution < -0.4 is 14.2 Å². The second-order valence-electron chi connectivity index (χ2n) is 33.5. The van der Waals surface area contributed by atoms with E-state index in [1.165, 1.54) is 49.7 Å². The second kappa shape index (κ2) is 53.1. The van der Waals surface area contributed by atoms with Crippen molar-refractivity contribution in [1.29, 1.82) is 0 Å². The average molecular weight is 2340 g/mol. The number of benzene rings is 17. The van der Waals surface area contributed by atoms with E-state index >= 15 is 0 Å². The molecular weight excluding hydrogens is 2240 g/mol. The van der Waals surface area contributed by atoms with Crippen LogP contribution in [0.3, 0.4) is 0 Å². The van der Waals surface area contributed by atoms with Gasteiger partial charge in [0, 0.05) is 43.4 Å². The summed E-state index contributed by atoms with van der Waals surface area (Å²) in [5.74, 6) is 3.28. The minimum Gasteiger partial charge on any atom is -0.497 e. The monoisotopic (exact) mass is 2330 g/mol. The topological polar surface area (TPSA) is 61.8 Å². The molecule has 0 saturated carbocycles. The molecular formula is C119H101Br5Cl5F3O5S3. The molecule has 0 fully saturated rings. The maximum absolute atomic E-state index is 12.9. The SMILES string of the molecule is CCc1ccc(C(Cl)c2ccc(-c3ccc(Cl)cc3)cc2)cc1.COc1ccc(Oc2ccc(C(Br)C(C)(C)C)cc2)cc1.COc1cccc(C(Cl)c2ccc(Sc3ccccc3C)cc2)c1.Cc1cc(Cl)ccc1S(=O)(=O)c1ccc(C(Br)c2cccc(Br)c2)cc1.ClC(c1ccccc1)c1ccc(-c2ccccc2)cc1.FC(F)(F)c1ccc(C(Br)c2ccc(Sc3ccc(Br)cc3)cc2)cc1. The van der Waals surface area contributed by atoms with Crippen LogP contribution in [-0.4, -0.2) is 22.6 Å². The Morgan fingerprint density at radius 1 is 0.343 bits per heavy atom. The van der Waals surface area contributed by atoms with Crippen molar-refractivity contribution in [3.05, 3.63) is 521 Å². The molecule has 140 heavy (non-hydrogen) atoms. The Balaban J connectivity index is 0.000000151. The van der Waals surface area contributed by atoms with Crippen molar-refractivity contribution in [2.24, 2.45) is 5.41 Å². The van der Waals surface area contributed by atoms with Gasteiger partial charge in [0.05, 0.1) is 55.4 Å². The summed E-state index contributed by atoms with van der Waals surface area (Å²) >= 11 is 53.0. The molecule has 0 amide bonds. The lowest BCUT2D eigenvalue weighted by atomic mass is 9.88. The number of sulfone groups is 1. The molecule has 17 rings (SSSR count). The molecule has 0 aromatic heterocycles. The highest BCUT2D eigenvalue weighted by Crippen LogP contribution is 2.44. The van der Waals surface area contributed by atoms with Crippen LogP contribution in [0.4, 0.5) is 13.2 Å². The number of rotatable bonds is 24. The summed E-state index contributed by atoms with van der Waals surface area (Å²) in [6.45, 7) is 12.7. The van der Waals surface area contributed by atoms with E-state index in [0.717, 1.165) is 132 Å². The molecule has 17 aromatic rings. The van der Waals surface area contributed by atoms with E-state index in [9.17, 15) is 21.6 Å². The van der Waals surface area contributed by atoms with Crippen LogP contribution in [0.1, 0.15) is 142 Å². The molecule has 0 aliphatic heterocycles. The van der Waals surface area contributed by atoms with Crippen LogP contribution in [0, 0.1) is 19.3 Å². The maximum atomic E-state index is 12.9. The van der Waals surface area contributed by atoms with E-state index in [0.29, 0.717) is 15.4 Å². The quantitative estimate of drug-likeness (QED) is 0.0559. The van der Waals surface area contributed by atoms with Crippen molar-refractivity contribution < 1.29 is 35.8 Å². The first-order valence-corrected chi connectivity index (χ1v) is 54.2. The average Bonchev–Trinajstić information content (AvgIpc) is 0.782. The predicted octanol–water partition coefficient (Wildman–Crippen LogP) is 39.9. The molecule has 0 aliphatic carbocycles. The molecule has 0 saturated heterocycles. The van der Waals surface area contributed by atoms with Crippen LogP contribution in [0.2, 0.25) is 10.0 Å². The molecule has 5 nitrogen and oxygen atoms in total. The third-order valence-corrected chi connectivity index (χ3v) is 33.5. The second-order valence-corrected chi connectivity index (χ2v) is 44.4. The fourth-order valence-corrected chi connectivity index (χ4v) is 21.1. The molecule has 0 aliphatic rings. The van der Waals surface area contributed by atoms with Gasteiger partial charge in [-0.1, -0.05) is 403 Å². The van der Waals surface area contributed by atoms with Crippen molar-refractivity contribution in [3.63, 3.8) is 0 Å². The number of methoxy groups -OCH3 is 2. The van der Waals surface area contributed by atoms with Crippen molar-refractivity contribution in [2.75, 3.05) is 14.2 Å². The van der Waals surface area contributed by atoms with Crippen molar-refractivity contribution in [1.82, 2.24) is 0 Å².